The highest BCUT2D eigenvalue weighted by Crippen LogP contribution is 2.23. The summed E-state index contributed by atoms with van der Waals surface area (Å²) < 4.78 is 5.39. The van der Waals surface area contributed by atoms with Crippen LogP contribution in [0.5, 0.6) is 5.75 Å². The van der Waals surface area contributed by atoms with Crippen LogP contribution >= 0.6 is 0 Å². The first kappa shape index (κ1) is 12.7. The van der Waals surface area contributed by atoms with E-state index in [-0.39, 0.29) is 12.1 Å². The summed E-state index contributed by atoms with van der Waals surface area (Å²) in [4.78, 5) is 0. The summed E-state index contributed by atoms with van der Waals surface area (Å²) in [7, 11) is 0. The van der Waals surface area contributed by atoms with E-state index in [1.807, 2.05) is 24.3 Å². The van der Waals surface area contributed by atoms with Crippen LogP contribution in [0.3, 0.4) is 0 Å². The van der Waals surface area contributed by atoms with Crippen molar-refractivity contribution in [3.05, 3.63) is 54.0 Å². The molecule has 0 amide bonds. The summed E-state index contributed by atoms with van der Waals surface area (Å²) in [6.45, 7) is 4.22. The predicted molar refractivity (Wildman–Crippen MR) is 71.4 cm³/mol. The van der Waals surface area contributed by atoms with E-state index >= 15 is 0 Å². The Balaban J connectivity index is 2.07. The number of aromatic hydroxyl groups is 1. The Hall–Kier alpha value is -1.74. The van der Waals surface area contributed by atoms with Crippen LogP contribution in [0.25, 0.3) is 0 Å². The number of benzene rings is 1. The fraction of sp³-hybridized carbons (Fsp3) is 0.333. The Labute approximate surface area is 107 Å². The van der Waals surface area contributed by atoms with Crippen molar-refractivity contribution in [2.45, 2.75) is 32.4 Å². The normalized spacial score (nSPS) is 14.3. The van der Waals surface area contributed by atoms with Gasteiger partial charge in [-0.3, -0.25) is 0 Å². The number of hydrogen-bond acceptors (Lipinski definition) is 3. The summed E-state index contributed by atoms with van der Waals surface area (Å²) in [6, 6.07) is 11.6. The molecule has 0 spiro atoms. The van der Waals surface area contributed by atoms with E-state index in [4.69, 9.17) is 4.42 Å². The molecule has 0 saturated carbocycles. The molecule has 1 aromatic heterocycles. The second kappa shape index (κ2) is 5.74. The van der Waals surface area contributed by atoms with Gasteiger partial charge in [0.05, 0.1) is 12.3 Å². The van der Waals surface area contributed by atoms with Gasteiger partial charge in [-0.05, 0) is 43.2 Å². The molecule has 1 aromatic carbocycles. The zero-order valence-corrected chi connectivity index (χ0v) is 10.8. The molecule has 3 nitrogen and oxygen atoms in total. The van der Waals surface area contributed by atoms with Gasteiger partial charge in [0.1, 0.15) is 11.5 Å². The van der Waals surface area contributed by atoms with E-state index in [1.54, 1.807) is 18.4 Å². The molecule has 18 heavy (non-hydrogen) atoms. The van der Waals surface area contributed by atoms with Crippen LogP contribution in [-0.2, 0) is 0 Å². The number of furan rings is 1. The molecule has 2 aromatic rings. The minimum Gasteiger partial charge on any atom is -0.508 e. The molecule has 2 atom stereocenters. The molecule has 3 heteroatoms. The van der Waals surface area contributed by atoms with Gasteiger partial charge in [0.2, 0.25) is 0 Å². The van der Waals surface area contributed by atoms with Crippen LogP contribution in [-0.4, -0.2) is 5.11 Å². The molecule has 2 rings (SSSR count). The van der Waals surface area contributed by atoms with Crippen molar-refractivity contribution < 1.29 is 9.52 Å². The molecule has 0 radical (unpaired) electrons. The average Bonchev–Trinajstić information content (AvgIpc) is 2.91. The van der Waals surface area contributed by atoms with Crippen LogP contribution in [0.2, 0.25) is 0 Å². The zero-order valence-electron chi connectivity index (χ0n) is 10.8. The van der Waals surface area contributed by atoms with Crippen molar-refractivity contribution in [2.75, 3.05) is 0 Å². The van der Waals surface area contributed by atoms with E-state index in [0.717, 1.165) is 12.2 Å². The molecule has 0 saturated heterocycles. The summed E-state index contributed by atoms with van der Waals surface area (Å²) in [5, 5.41) is 12.8. The van der Waals surface area contributed by atoms with Gasteiger partial charge in [-0.1, -0.05) is 19.1 Å². The molecule has 1 heterocycles. The van der Waals surface area contributed by atoms with E-state index in [0.29, 0.717) is 5.75 Å². The van der Waals surface area contributed by atoms with Gasteiger partial charge in [-0.15, -0.1) is 0 Å². The van der Waals surface area contributed by atoms with Gasteiger partial charge >= 0.3 is 0 Å². The van der Waals surface area contributed by atoms with Gasteiger partial charge in [-0.2, -0.15) is 0 Å². The highest BCUT2D eigenvalue weighted by molar-refractivity contribution is 5.28. The lowest BCUT2D eigenvalue weighted by atomic mass is 10.0. The number of nitrogens with one attached hydrogen (secondary N) is 1. The summed E-state index contributed by atoms with van der Waals surface area (Å²) in [5.74, 6) is 1.24. The monoisotopic (exact) mass is 245 g/mol. The predicted octanol–water partition coefficient (Wildman–Crippen LogP) is 3.79. The van der Waals surface area contributed by atoms with Crippen molar-refractivity contribution in [2.24, 2.45) is 0 Å². The van der Waals surface area contributed by atoms with Crippen LogP contribution in [0, 0.1) is 0 Å². The first-order valence-corrected chi connectivity index (χ1v) is 6.29. The first-order chi connectivity index (χ1) is 8.70. The fourth-order valence-corrected chi connectivity index (χ4v) is 2.08. The molecule has 0 aliphatic carbocycles. The lowest BCUT2D eigenvalue weighted by molar-refractivity contribution is 0.386. The molecular weight excluding hydrogens is 226 g/mol. The number of hydrogen-bond donors (Lipinski definition) is 2. The molecule has 0 aliphatic rings. The second-order valence-electron chi connectivity index (χ2n) is 4.46. The molecule has 2 N–H and O–H groups in total. The van der Waals surface area contributed by atoms with Crippen molar-refractivity contribution in [3.8, 4) is 5.75 Å². The minimum atomic E-state index is 0.166. The number of rotatable bonds is 5. The lowest BCUT2D eigenvalue weighted by Gasteiger charge is -2.21. The van der Waals surface area contributed by atoms with Crippen molar-refractivity contribution in [1.29, 1.82) is 0 Å². The van der Waals surface area contributed by atoms with E-state index in [1.165, 1.54) is 5.56 Å². The van der Waals surface area contributed by atoms with Gasteiger partial charge in [0.25, 0.3) is 0 Å². The van der Waals surface area contributed by atoms with Gasteiger partial charge in [0.15, 0.2) is 0 Å². The summed E-state index contributed by atoms with van der Waals surface area (Å²) >= 11 is 0. The smallest absolute Gasteiger partial charge is 0.120 e. The molecule has 96 valence electrons. The maximum atomic E-state index is 9.31. The molecule has 2 unspecified atom stereocenters. The standard InChI is InChI=1S/C15H19NO2/c1-3-14(12-6-8-13(17)9-7-12)16-11(2)15-5-4-10-18-15/h4-11,14,16-17H,3H2,1-2H3. The molecular formula is C15H19NO2. The van der Waals surface area contributed by atoms with Crippen LogP contribution in [0.4, 0.5) is 0 Å². The Morgan fingerprint density at radius 1 is 1.22 bits per heavy atom. The molecule has 0 bridgehead atoms. The minimum absolute atomic E-state index is 0.166. The summed E-state index contributed by atoms with van der Waals surface area (Å²) in [6.07, 6.45) is 2.67. The van der Waals surface area contributed by atoms with Crippen LogP contribution < -0.4 is 5.32 Å². The highest BCUT2D eigenvalue weighted by Gasteiger charge is 2.15. The SMILES string of the molecule is CCC(NC(C)c1ccco1)c1ccc(O)cc1. The maximum Gasteiger partial charge on any atom is 0.120 e. The van der Waals surface area contributed by atoms with Gasteiger partial charge in [0, 0.05) is 6.04 Å². The van der Waals surface area contributed by atoms with E-state index < -0.39 is 0 Å². The Morgan fingerprint density at radius 2 is 1.94 bits per heavy atom. The van der Waals surface area contributed by atoms with Crippen LogP contribution in [0.15, 0.2) is 47.1 Å². The third-order valence-electron chi connectivity index (χ3n) is 3.12. The Morgan fingerprint density at radius 3 is 2.50 bits per heavy atom. The Bertz CT molecular complexity index is 462. The third-order valence-corrected chi connectivity index (χ3v) is 3.12. The van der Waals surface area contributed by atoms with Gasteiger partial charge < -0.3 is 14.8 Å². The third kappa shape index (κ3) is 2.93. The van der Waals surface area contributed by atoms with Crippen LogP contribution in [0.1, 0.15) is 43.7 Å². The topological polar surface area (TPSA) is 45.4 Å². The maximum absolute atomic E-state index is 9.31. The lowest BCUT2D eigenvalue weighted by Crippen LogP contribution is -2.23. The van der Waals surface area contributed by atoms with Gasteiger partial charge in [-0.25, -0.2) is 0 Å². The Kier molecular flexibility index (Phi) is 4.05. The second-order valence-corrected chi connectivity index (χ2v) is 4.46. The largest absolute Gasteiger partial charge is 0.508 e. The van der Waals surface area contributed by atoms with Crippen molar-refractivity contribution >= 4 is 0 Å². The quantitative estimate of drug-likeness (QED) is 0.842. The fourth-order valence-electron chi connectivity index (χ4n) is 2.08. The van der Waals surface area contributed by atoms with E-state index in [9.17, 15) is 5.11 Å². The van der Waals surface area contributed by atoms with Crippen molar-refractivity contribution in [1.82, 2.24) is 5.32 Å². The average molecular weight is 245 g/mol. The first-order valence-electron chi connectivity index (χ1n) is 6.29. The van der Waals surface area contributed by atoms with E-state index in [2.05, 4.69) is 19.2 Å². The number of phenolic OH excluding ortho intramolecular Hbond substituents is 1. The summed E-state index contributed by atoms with van der Waals surface area (Å²) in [5.41, 5.74) is 1.17. The molecule has 0 aliphatic heterocycles. The molecule has 0 fully saturated rings. The zero-order chi connectivity index (χ0) is 13.0. The number of phenols is 1. The van der Waals surface area contributed by atoms with Crippen molar-refractivity contribution in [3.63, 3.8) is 0 Å². The highest BCUT2D eigenvalue weighted by atomic mass is 16.3.